The number of hydrogen-bond donors (Lipinski definition) is 2. The molecule has 29 heavy (non-hydrogen) atoms. The Bertz CT molecular complexity index is 716. The van der Waals surface area contributed by atoms with E-state index in [0.29, 0.717) is 6.04 Å². The van der Waals surface area contributed by atoms with E-state index in [-0.39, 0.29) is 24.0 Å². The molecule has 0 radical (unpaired) electrons. The van der Waals surface area contributed by atoms with Crippen LogP contribution in [-0.4, -0.2) is 48.6 Å². The molecule has 1 aromatic heterocycles. The molecule has 1 aromatic carbocycles. The lowest BCUT2D eigenvalue weighted by atomic mass is 10.1. The maximum atomic E-state index is 4.43. The Morgan fingerprint density at radius 3 is 2.59 bits per heavy atom. The zero-order chi connectivity index (χ0) is 20.2. The van der Waals surface area contributed by atoms with Crippen molar-refractivity contribution in [2.45, 2.75) is 46.2 Å². The summed E-state index contributed by atoms with van der Waals surface area (Å²) in [6.07, 6.45) is 4.15. The van der Waals surface area contributed by atoms with Crippen LogP contribution in [0.25, 0.3) is 11.3 Å². The van der Waals surface area contributed by atoms with Crippen LogP contribution in [0.15, 0.2) is 53.7 Å². The third-order valence-electron chi connectivity index (χ3n) is 4.96. The van der Waals surface area contributed by atoms with Crippen LogP contribution in [-0.2, 0) is 6.54 Å². The van der Waals surface area contributed by atoms with Gasteiger partial charge < -0.3 is 15.5 Å². The largest absolute Gasteiger partial charge is 0.354 e. The first-order valence-electron chi connectivity index (χ1n) is 10.4. The average molecular weight is 509 g/mol. The van der Waals surface area contributed by atoms with Gasteiger partial charge in [-0.3, -0.25) is 9.98 Å². The summed E-state index contributed by atoms with van der Waals surface area (Å²) in [5, 5.41) is 6.93. The molecular weight excluding hydrogens is 473 g/mol. The smallest absolute Gasteiger partial charge is 0.191 e. The summed E-state index contributed by atoms with van der Waals surface area (Å²) >= 11 is 0. The van der Waals surface area contributed by atoms with E-state index >= 15 is 0 Å². The predicted molar refractivity (Wildman–Crippen MR) is 135 cm³/mol. The van der Waals surface area contributed by atoms with Gasteiger partial charge in [0, 0.05) is 31.4 Å². The predicted octanol–water partition coefficient (Wildman–Crippen LogP) is 4.54. The third-order valence-corrected chi connectivity index (χ3v) is 4.96. The minimum Gasteiger partial charge on any atom is -0.354 e. The summed E-state index contributed by atoms with van der Waals surface area (Å²) in [7, 11) is 1.82. The molecule has 0 bridgehead atoms. The van der Waals surface area contributed by atoms with Crippen molar-refractivity contribution >= 4 is 29.9 Å². The van der Waals surface area contributed by atoms with Crippen LogP contribution in [0.4, 0.5) is 0 Å². The van der Waals surface area contributed by atoms with Crippen LogP contribution in [0.3, 0.4) is 0 Å². The van der Waals surface area contributed by atoms with Crippen LogP contribution in [0.1, 0.15) is 39.2 Å². The highest BCUT2D eigenvalue weighted by Crippen LogP contribution is 2.17. The Morgan fingerprint density at radius 1 is 1.14 bits per heavy atom. The molecule has 0 spiro atoms. The van der Waals surface area contributed by atoms with Crippen molar-refractivity contribution < 1.29 is 0 Å². The number of rotatable bonds is 10. The number of aliphatic imine (C=N–C) groups is 1. The Hall–Kier alpha value is -1.67. The number of benzene rings is 1. The van der Waals surface area contributed by atoms with E-state index in [9.17, 15) is 0 Å². The molecule has 0 aliphatic carbocycles. The van der Waals surface area contributed by atoms with Gasteiger partial charge in [-0.15, -0.1) is 24.0 Å². The van der Waals surface area contributed by atoms with E-state index < -0.39 is 0 Å². The first kappa shape index (κ1) is 25.4. The maximum absolute atomic E-state index is 4.43. The van der Waals surface area contributed by atoms with Gasteiger partial charge in [0.25, 0.3) is 0 Å². The molecule has 1 heterocycles. The van der Waals surface area contributed by atoms with Crippen molar-refractivity contribution in [1.29, 1.82) is 0 Å². The highest BCUT2D eigenvalue weighted by molar-refractivity contribution is 14.0. The molecule has 0 saturated heterocycles. The lowest BCUT2D eigenvalue weighted by molar-refractivity contribution is 0.292. The van der Waals surface area contributed by atoms with Gasteiger partial charge in [-0.25, -0.2) is 0 Å². The summed E-state index contributed by atoms with van der Waals surface area (Å²) in [5.74, 6) is 0.846. The summed E-state index contributed by atoms with van der Waals surface area (Å²) in [6, 6.07) is 14.9. The number of nitrogens with one attached hydrogen (secondary N) is 2. The van der Waals surface area contributed by atoms with E-state index in [4.69, 9.17) is 0 Å². The Labute approximate surface area is 193 Å². The molecule has 2 N–H and O–H groups in total. The second-order valence-electron chi connectivity index (χ2n) is 7.06. The molecule has 0 aliphatic rings. The SMILES string of the molecule is CCN(CC)CCCC(C)NC(=NC)NCc1cccc(-c2ccccn2)c1.I. The van der Waals surface area contributed by atoms with E-state index in [1.165, 1.54) is 12.0 Å². The minimum atomic E-state index is 0. The topological polar surface area (TPSA) is 52.5 Å². The number of aromatic nitrogens is 1. The van der Waals surface area contributed by atoms with Gasteiger partial charge in [0.1, 0.15) is 0 Å². The second kappa shape index (κ2) is 14.3. The second-order valence-corrected chi connectivity index (χ2v) is 7.06. The quantitative estimate of drug-likeness (QED) is 0.281. The van der Waals surface area contributed by atoms with E-state index in [2.05, 4.69) is 70.5 Å². The molecule has 160 valence electrons. The van der Waals surface area contributed by atoms with Gasteiger partial charge in [-0.05, 0) is 63.2 Å². The third kappa shape index (κ3) is 9.12. The fraction of sp³-hybridized carbons (Fsp3) is 0.478. The number of hydrogen-bond acceptors (Lipinski definition) is 3. The lowest BCUT2D eigenvalue weighted by Gasteiger charge is -2.21. The summed E-state index contributed by atoms with van der Waals surface area (Å²) in [4.78, 5) is 11.3. The van der Waals surface area contributed by atoms with E-state index in [0.717, 1.165) is 49.8 Å². The van der Waals surface area contributed by atoms with Gasteiger partial charge in [0.05, 0.1) is 5.69 Å². The minimum absolute atomic E-state index is 0. The van der Waals surface area contributed by atoms with Crippen molar-refractivity contribution in [3.8, 4) is 11.3 Å². The first-order valence-corrected chi connectivity index (χ1v) is 10.4. The van der Waals surface area contributed by atoms with Crippen LogP contribution in [0, 0.1) is 0 Å². The van der Waals surface area contributed by atoms with E-state index in [1.807, 2.05) is 31.4 Å². The van der Waals surface area contributed by atoms with Crippen LogP contribution in [0.5, 0.6) is 0 Å². The Kier molecular flexibility index (Phi) is 12.5. The molecule has 2 aromatic rings. The van der Waals surface area contributed by atoms with Crippen molar-refractivity contribution in [1.82, 2.24) is 20.5 Å². The zero-order valence-corrected chi connectivity index (χ0v) is 20.5. The van der Waals surface area contributed by atoms with Crippen molar-refractivity contribution in [3.63, 3.8) is 0 Å². The molecule has 0 amide bonds. The summed E-state index contributed by atoms with van der Waals surface area (Å²) in [6.45, 7) is 10.8. The van der Waals surface area contributed by atoms with Crippen LogP contribution in [0.2, 0.25) is 0 Å². The normalized spacial score (nSPS) is 12.4. The van der Waals surface area contributed by atoms with Crippen LogP contribution >= 0.6 is 24.0 Å². The van der Waals surface area contributed by atoms with Crippen LogP contribution < -0.4 is 10.6 Å². The summed E-state index contributed by atoms with van der Waals surface area (Å²) in [5.41, 5.74) is 3.33. The summed E-state index contributed by atoms with van der Waals surface area (Å²) < 4.78 is 0. The average Bonchev–Trinajstić information content (AvgIpc) is 2.75. The van der Waals surface area contributed by atoms with Gasteiger partial charge in [-0.2, -0.15) is 0 Å². The molecule has 0 saturated carbocycles. The van der Waals surface area contributed by atoms with Gasteiger partial charge in [0.2, 0.25) is 0 Å². The molecule has 5 nitrogen and oxygen atoms in total. The fourth-order valence-electron chi connectivity index (χ4n) is 3.22. The fourth-order valence-corrected chi connectivity index (χ4v) is 3.22. The lowest BCUT2D eigenvalue weighted by Crippen LogP contribution is -2.42. The number of nitrogens with zero attached hydrogens (tertiary/aromatic N) is 3. The molecule has 0 aliphatic heterocycles. The Balaban J connectivity index is 0.00000420. The molecule has 6 heteroatoms. The zero-order valence-electron chi connectivity index (χ0n) is 18.2. The highest BCUT2D eigenvalue weighted by atomic mass is 127. The molecule has 0 fully saturated rings. The van der Waals surface area contributed by atoms with Gasteiger partial charge in [-0.1, -0.05) is 38.1 Å². The maximum Gasteiger partial charge on any atom is 0.191 e. The van der Waals surface area contributed by atoms with Crippen molar-refractivity contribution in [2.75, 3.05) is 26.7 Å². The highest BCUT2D eigenvalue weighted by Gasteiger charge is 2.07. The first-order chi connectivity index (χ1) is 13.7. The van der Waals surface area contributed by atoms with Gasteiger partial charge >= 0.3 is 0 Å². The standard InChI is InChI=1S/C23H35N5.HI/c1-5-28(6-2)16-10-11-19(3)27-23(24-4)26-18-20-12-9-13-21(17-20)22-14-7-8-15-25-22;/h7-9,12-15,17,19H,5-6,10-11,16,18H2,1-4H3,(H2,24,26,27);1H. The molecule has 1 unspecified atom stereocenters. The monoisotopic (exact) mass is 509 g/mol. The van der Waals surface area contributed by atoms with Crippen molar-refractivity contribution in [3.05, 3.63) is 54.2 Å². The number of halogens is 1. The van der Waals surface area contributed by atoms with Gasteiger partial charge in [0.15, 0.2) is 5.96 Å². The Morgan fingerprint density at radius 2 is 1.93 bits per heavy atom. The molecule has 2 rings (SSSR count). The molecule has 1 atom stereocenters. The van der Waals surface area contributed by atoms with E-state index in [1.54, 1.807) is 0 Å². The molecular formula is C23H36IN5. The number of guanidine groups is 1. The number of pyridine rings is 1. The van der Waals surface area contributed by atoms with Crippen molar-refractivity contribution in [2.24, 2.45) is 4.99 Å².